The Balaban J connectivity index is 1.72. The molecule has 21 heavy (non-hydrogen) atoms. The van der Waals surface area contributed by atoms with Crippen LogP contribution < -0.4 is 5.32 Å². The minimum absolute atomic E-state index is 0.178. The first-order valence-corrected chi connectivity index (χ1v) is 7.34. The Labute approximate surface area is 128 Å². The third kappa shape index (κ3) is 3.04. The maximum Gasteiger partial charge on any atom is 0.0710 e. The van der Waals surface area contributed by atoms with E-state index in [1.165, 1.54) is 0 Å². The van der Waals surface area contributed by atoms with Crippen LogP contribution >= 0.6 is 11.6 Å². The molecule has 0 atom stereocenters. The monoisotopic (exact) mass is 300 g/mol. The second-order valence-electron chi connectivity index (χ2n) is 4.99. The molecule has 0 bridgehead atoms. The Morgan fingerprint density at radius 2 is 1.81 bits per heavy atom. The molecule has 1 heterocycles. The lowest BCUT2D eigenvalue weighted by Crippen LogP contribution is -2.00. The van der Waals surface area contributed by atoms with Gasteiger partial charge in [0.25, 0.3) is 0 Å². The SMILES string of the molecule is OCCc1ccc(NCc2[nH]c3ccccc3c2Cl)cc1. The summed E-state index contributed by atoms with van der Waals surface area (Å²) in [5.74, 6) is 0. The highest BCUT2D eigenvalue weighted by atomic mass is 35.5. The molecule has 0 saturated carbocycles. The number of para-hydroxylation sites is 1. The number of rotatable bonds is 5. The number of benzene rings is 2. The highest BCUT2D eigenvalue weighted by Gasteiger charge is 2.08. The zero-order chi connectivity index (χ0) is 14.7. The fourth-order valence-corrected chi connectivity index (χ4v) is 2.67. The van der Waals surface area contributed by atoms with Crippen LogP contribution in [0.15, 0.2) is 48.5 Å². The van der Waals surface area contributed by atoms with E-state index in [2.05, 4.69) is 10.3 Å². The van der Waals surface area contributed by atoms with Crippen LogP contribution in [-0.4, -0.2) is 16.7 Å². The summed E-state index contributed by atoms with van der Waals surface area (Å²) in [6, 6.07) is 16.1. The Morgan fingerprint density at radius 3 is 2.52 bits per heavy atom. The van der Waals surface area contributed by atoms with Crippen LogP contribution in [0.2, 0.25) is 5.02 Å². The minimum atomic E-state index is 0.178. The minimum Gasteiger partial charge on any atom is -0.396 e. The van der Waals surface area contributed by atoms with Crippen molar-refractivity contribution in [3.05, 3.63) is 64.8 Å². The smallest absolute Gasteiger partial charge is 0.0710 e. The lowest BCUT2D eigenvalue weighted by atomic mass is 10.1. The normalized spacial score (nSPS) is 11.0. The molecule has 0 aliphatic carbocycles. The van der Waals surface area contributed by atoms with Crippen molar-refractivity contribution in [2.75, 3.05) is 11.9 Å². The molecule has 3 N–H and O–H groups in total. The standard InChI is InChI=1S/C17H17ClN2O/c18-17-14-3-1-2-4-15(14)20-16(17)11-19-13-7-5-12(6-8-13)9-10-21/h1-8,19-21H,9-11H2. The van der Waals surface area contributed by atoms with Crippen LogP contribution in [0.25, 0.3) is 10.9 Å². The molecule has 2 aromatic carbocycles. The number of H-pyrrole nitrogens is 1. The zero-order valence-corrected chi connectivity index (χ0v) is 12.3. The van der Waals surface area contributed by atoms with E-state index in [4.69, 9.17) is 16.7 Å². The molecule has 4 heteroatoms. The molecule has 0 amide bonds. The second kappa shape index (κ2) is 6.20. The van der Waals surface area contributed by atoms with Gasteiger partial charge in [0.2, 0.25) is 0 Å². The fraction of sp³-hybridized carbons (Fsp3) is 0.176. The van der Waals surface area contributed by atoms with Crippen molar-refractivity contribution in [1.29, 1.82) is 0 Å². The first kappa shape index (κ1) is 14.0. The van der Waals surface area contributed by atoms with E-state index < -0.39 is 0 Å². The Kier molecular flexibility index (Phi) is 4.13. The summed E-state index contributed by atoms with van der Waals surface area (Å²) in [7, 11) is 0. The largest absolute Gasteiger partial charge is 0.396 e. The van der Waals surface area contributed by atoms with E-state index in [1.807, 2.05) is 48.5 Å². The molecule has 0 saturated heterocycles. The van der Waals surface area contributed by atoms with Gasteiger partial charge in [0.05, 0.1) is 17.3 Å². The number of hydrogen-bond acceptors (Lipinski definition) is 2. The third-order valence-electron chi connectivity index (χ3n) is 3.54. The van der Waals surface area contributed by atoms with Crippen molar-refractivity contribution < 1.29 is 5.11 Å². The van der Waals surface area contributed by atoms with Crippen LogP contribution in [0.5, 0.6) is 0 Å². The zero-order valence-electron chi connectivity index (χ0n) is 11.6. The molecule has 3 aromatic rings. The molecule has 108 valence electrons. The Bertz CT molecular complexity index is 734. The van der Waals surface area contributed by atoms with Crippen LogP contribution in [0.3, 0.4) is 0 Å². The predicted molar refractivity (Wildman–Crippen MR) is 87.9 cm³/mol. The summed E-state index contributed by atoms with van der Waals surface area (Å²) < 4.78 is 0. The molecule has 0 aliphatic heterocycles. The van der Waals surface area contributed by atoms with Gasteiger partial charge in [-0.3, -0.25) is 0 Å². The van der Waals surface area contributed by atoms with Crippen molar-refractivity contribution in [1.82, 2.24) is 4.98 Å². The third-order valence-corrected chi connectivity index (χ3v) is 3.97. The van der Waals surface area contributed by atoms with Gasteiger partial charge in [-0.25, -0.2) is 0 Å². The quantitative estimate of drug-likeness (QED) is 0.668. The van der Waals surface area contributed by atoms with Crippen molar-refractivity contribution in [3.8, 4) is 0 Å². The molecule has 0 aliphatic rings. The van der Waals surface area contributed by atoms with Crippen LogP contribution in [0, 0.1) is 0 Å². The molecule has 0 radical (unpaired) electrons. The highest BCUT2D eigenvalue weighted by Crippen LogP contribution is 2.27. The lowest BCUT2D eigenvalue weighted by molar-refractivity contribution is 0.299. The van der Waals surface area contributed by atoms with Gasteiger partial charge in [-0.2, -0.15) is 0 Å². The summed E-state index contributed by atoms with van der Waals surface area (Å²) in [4.78, 5) is 3.34. The number of aromatic amines is 1. The molecule has 3 nitrogen and oxygen atoms in total. The molecular weight excluding hydrogens is 284 g/mol. The highest BCUT2D eigenvalue weighted by molar-refractivity contribution is 6.36. The van der Waals surface area contributed by atoms with Gasteiger partial charge in [0, 0.05) is 23.2 Å². The molecule has 1 aromatic heterocycles. The van der Waals surface area contributed by atoms with E-state index in [-0.39, 0.29) is 6.61 Å². The van der Waals surface area contributed by atoms with E-state index in [1.54, 1.807) is 0 Å². The van der Waals surface area contributed by atoms with Gasteiger partial charge in [-0.1, -0.05) is 41.9 Å². The number of halogens is 1. The summed E-state index contributed by atoms with van der Waals surface area (Å²) in [5.41, 5.74) is 4.20. The Morgan fingerprint density at radius 1 is 1.05 bits per heavy atom. The van der Waals surface area contributed by atoms with Crippen molar-refractivity contribution in [3.63, 3.8) is 0 Å². The Hall–Kier alpha value is -1.97. The number of aromatic nitrogens is 1. The summed E-state index contributed by atoms with van der Waals surface area (Å²) >= 11 is 6.39. The van der Waals surface area contributed by atoms with E-state index in [0.717, 1.165) is 32.9 Å². The van der Waals surface area contributed by atoms with Crippen LogP contribution in [-0.2, 0) is 13.0 Å². The lowest BCUT2D eigenvalue weighted by Gasteiger charge is -2.06. The molecular formula is C17H17ClN2O. The maximum absolute atomic E-state index is 8.91. The topological polar surface area (TPSA) is 48.0 Å². The van der Waals surface area contributed by atoms with Gasteiger partial charge in [-0.05, 0) is 30.2 Å². The van der Waals surface area contributed by atoms with Crippen molar-refractivity contribution >= 4 is 28.2 Å². The molecule has 0 spiro atoms. The number of hydrogen-bond donors (Lipinski definition) is 3. The van der Waals surface area contributed by atoms with E-state index in [9.17, 15) is 0 Å². The average Bonchev–Trinajstić information content (AvgIpc) is 2.84. The number of nitrogens with one attached hydrogen (secondary N) is 2. The number of aliphatic hydroxyl groups excluding tert-OH is 1. The first-order valence-electron chi connectivity index (χ1n) is 6.96. The first-order chi connectivity index (χ1) is 10.3. The van der Waals surface area contributed by atoms with Gasteiger partial charge < -0.3 is 15.4 Å². The summed E-state index contributed by atoms with van der Waals surface area (Å²) in [6.45, 7) is 0.824. The number of aliphatic hydroxyl groups is 1. The van der Waals surface area contributed by atoms with Crippen LogP contribution in [0.4, 0.5) is 5.69 Å². The van der Waals surface area contributed by atoms with Gasteiger partial charge in [0.1, 0.15) is 0 Å². The van der Waals surface area contributed by atoms with Crippen molar-refractivity contribution in [2.24, 2.45) is 0 Å². The summed E-state index contributed by atoms with van der Waals surface area (Å²) in [5, 5.41) is 14.1. The van der Waals surface area contributed by atoms with Crippen molar-refractivity contribution in [2.45, 2.75) is 13.0 Å². The average molecular weight is 301 g/mol. The van der Waals surface area contributed by atoms with Gasteiger partial charge in [0.15, 0.2) is 0 Å². The number of fused-ring (bicyclic) bond motifs is 1. The molecule has 0 fully saturated rings. The van der Waals surface area contributed by atoms with Crippen LogP contribution in [0.1, 0.15) is 11.3 Å². The van der Waals surface area contributed by atoms with E-state index >= 15 is 0 Å². The van der Waals surface area contributed by atoms with Gasteiger partial charge in [-0.15, -0.1) is 0 Å². The summed E-state index contributed by atoms with van der Waals surface area (Å²) in [6.07, 6.45) is 0.689. The fourth-order valence-electron chi connectivity index (χ4n) is 2.39. The second-order valence-corrected chi connectivity index (χ2v) is 5.37. The number of anilines is 1. The van der Waals surface area contributed by atoms with E-state index in [0.29, 0.717) is 13.0 Å². The maximum atomic E-state index is 8.91. The molecule has 3 rings (SSSR count). The van der Waals surface area contributed by atoms with Gasteiger partial charge >= 0.3 is 0 Å². The molecule has 0 unspecified atom stereocenters. The predicted octanol–water partition coefficient (Wildman–Crippen LogP) is 3.97.